The number of benzene rings is 1. The van der Waals surface area contributed by atoms with Crippen LogP contribution in [0.4, 0.5) is 0 Å². The van der Waals surface area contributed by atoms with E-state index in [1.165, 1.54) is 5.56 Å². The van der Waals surface area contributed by atoms with Gasteiger partial charge in [-0.2, -0.15) is 0 Å². The van der Waals surface area contributed by atoms with Gasteiger partial charge in [0.25, 0.3) is 0 Å². The van der Waals surface area contributed by atoms with Crippen molar-refractivity contribution in [3.05, 3.63) is 40.8 Å². The molecule has 0 saturated heterocycles. The molecule has 0 aliphatic rings. The Morgan fingerprint density at radius 3 is 2.31 bits per heavy atom. The van der Waals surface area contributed by atoms with Crippen LogP contribution < -0.4 is 11.1 Å². The van der Waals surface area contributed by atoms with Crippen molar-refractivity contribution in [2.24, 2.45) is 5.73 Å². The number of hydrogen-bond donors (Lipinski definition) is 3. The Morgan fingerprint density at radius 1 is 1.31 bits per heavy atom. The van der Waals surface area contributed by atoms with Crippen molar-refractivity contribution in [2.45, 2.75) is 32.9 Å². The first-order valence-corrected chi connectivity index (χ1v) is 5.88. The second-order valence-electron chi connectivity index (χ2n) is 4.88. The molecule has 1 aromatic carbocycles. The SMILES string of the molecule is CC(C)(C)NCc1ccc(/C(N)=C/S)cc1. The highest BCUT2D eigenvalue weighted by molar-refractivity contribution is 7.83. The van der Waals surface area contributed by atoms with Crippen LogP contribution in [-0.2, 0) is 6.54 Å². The van der Waals surface area contributed by atoms with Gasteiger partial charge in [0.15, 0.2) is 0 Å². The predicted molar refractivity (Wildman–Crippen MR) is 74.2 cm³/mol. The lowest BCUT2D eigenvalue weighted by Crippen LogP contribution is -2.35. The molecule has 0 aromatic heterocycles. The van der Waals surface area contributed by atoms with Gasteiger partial charge in [0.2, 0.25) is 0 Å². The number of thiol groups is 1. The van der Waals surface area contributed by atoms with Gasteiger partial charge in [-0.1, -0.05) is 24.3 Å². The van der Waals surface area contributed by atoms with Gasteiger partial charge in [0, 0.05) is 17.8 Å². The standard InChI is InChI=1S/C13H20N2S/c1-13(2,3)15-8-10-4-6-11(7-5-10)12(14)9-16/h4-7,9,15-16H,8,14H2,1-3H3/b12-9-. The van der Waals surface area contributed by atoms with E-state index in [-0.39, 0.29) is 5.54 Å². The van der Waals surface area contributed by atoms with Gasteiger partial charge in [-0.15, -0.1) is 12.6 Å². The van der Waals surface area contributed by atoms with Gasteiger partial charge in [-0.25, -0.2) is 0 Å². The van der Waals surface area contributed by atoms with Crippen LogP contribution in [0.1, 0.15) is 31.9 Å². The van der Waals surface area contributed by atoms with Crippen LogP contribution in [-0.4, -0.2) is 5.54 Å². The number of nitrogens with one attached hydrogen (secondary N) is 1. The molecule has 0 unspecified atom stereocenters. The molecule has 3 N–H and O–H groups in total. The minimum absolute atomic E-state index is 0.142. The Hall–Kier alpha value is -0.930. The molecular weight excluding hydrogens is 216 g/mol. The summed E-state index contributed by atoms with van der Waals surface area (Å²) in [6.45, 7) is 7.34. The smallest absolute Gasteiger partial charge is 0.0449 e. The Labute approximate surface area is 103 Å². The molecule has 0 bridgehead atoms. The monoisotopic (exact) mass is 236 g/mol. The van der Waals surface area contributed by atoms with Crippen LogP contribution in [0.15, 0.2) is 29.7 Å². The molecule has 0 aliphatic carbocycles. The van der Waals surface area contributed by atoms with E-state index in [0.29, 0.717) is 5.70 Å². The summed E-state index contributed by atoms with van der Waals surface area (Å²) in [4.78, 5) is 0. The van der Waals surface area contributed by atoms with Gasteiger partial charge in [-0.3, -0.25) is 0 Å². The van der Waals surface area contributed by atoms with Crippen molar-refractivity contribution >= 4 is 18.3 Å². The Bertz CT molecular complexity index is 361. The maximum absolute atomic E-state index is 5.76. The largest absolute Gasteiger partial charge is 0.398 e. The fraction of sp³-hybridized carbons (Fsp3) is 0.385. The number of nitrogens with two attached hydrogens (primary N) is 1. The molecule has 1 aromatic rings. The Balaban J connectivity index is 2.65. The van der Waals surface area contributed by atoms with Crippen molar-refractivity contribution in [1.29, 1.82) is 0 Å². The Morgan fingerprint density at radius 2 is 1.88 bits per heavy atom. The molecule has 16 heavy (non-hydrogen) atoms. The van der Waals surface area contributed by atoms with Crippen LogP contribution in [0.5, 0.6) is 0 Å². The minimum Gasteiger partial charge on any atom is -0.398 e. The topological polar surface area (TPSA) is 38.0 Å². The average molecular weight is 236 g/mol. The van der Waals surface area contributed by atoms with E-state index in [4.69, 9.17) is 5.73 Å². The highest BCUT2D eigenvalue weighted by atomic mass is 32.1. The summed E-state index contributed by atoms with van der Waals surface area (Å²) >= 11 is 4.03. The van der Waals surface area contributed by atoms with Gasteiger partial charge >= 0.3 is 0 Å². The second kappa shape index (κ2) is 5.41. The first-order valence-electron chi connectivity index (χ1n) is 5.36. The highest BCUT2D eigenvalue weighted by Crippen LogP contribution is 2.12. The number of rotatable bonds is 3. The average Bonchev–Trinajstić information content (AvgIpc) is 2.25. The molecule has 1 rings (SSSR count). The molecule has 0 amide bonds. The molecule has 0 radical (unpaired) electrons. The maximum Gasteiger partial charge on any atom is 0.0449 e. The van der Waals surface area contributed by atoms with E-state index in [2.05, 4.69) is 50.8 Å². The number of hydrogen-bond acceptors (Lipinski definition) is 3. The summed E-state index contributed by atoms with van der Waals surface area (Å²) in [5.74, 6) is 0. The van der Waals surface area contributed by atoms with Gasteiger partial charge in [0.1, 0.15) is 0 Å². The molecule has 0 heterocycles. The van der Waals surface area contributed by atoms with E-state index < -0.39 is 0 Å². The third kappa shape index (κ3) is 4.29. The summed E-state index contributed by atoms with van der Waals surface area (Å²) in [5, 5.41) is 5.05. The quantitative estimate of drug-likeness (QED) is 0.706. The first kappa shape index (κ1) is 13.1. The normalized spacial score (nSPS) is 12.9. The lowest BCUT2D eigenvalue weighted by Gasteiger charge is -2.20. The summed E-state index contributed by atoms with van der Waals surface area (Å²) in [6.07, 6.45) is 0. The van der Waals surface area contributed by atoms with Gasteiger partial charge < -0.3 is 11.1 Å². The zero-order valence-electron chi connectivity index (χ0n) is 10.1. The maximum atomic E-state index is 5.76. The second-order valence-corrected chi connectivity index (χ2v) is 5.14. The van der Waals surface area contributed by atoms with Gasteiger partial charge in [0.05, 0.1) is 0 Å². The Kier molecular flexibility index (Phi) is 4.44. The van der Waals surface area contributed by atoms with E-state index in [1.54, 1.807) is 5.41 Å². The summed E-state index contributed by atoms with van der Waals surface area (Å²) in [5.41, 5.74) is 8.86. The summed E-state index contributed by atoms with van der Waals surface area (Å²) in [6, 6.07) is 8.19. The predicted octanol–water partition coefficient (Wildman–Crippen LogP) is 2.76. The van der Waals surface area contributed by atoms with Crippen molar-refractivity contribution < 1.29 is 0 Å². The third-order valence-electron chi connectivity index (χ3n) is 2.25. The first-order chi connectivity index (χ1) is 7.42. The van der Waals surface area contributed by atoms with Crippen molar-refractivity contribution in [3.8, 4) is 0 Å². The molecule has 2 nitrogen and oxygen atoms in total. The molecule has 0 aliphatic heterocycles. The van der Waals surface area contributed by atoms with Gasteiger partial charge in [-0.05, 0) is 37.3 Å². The van der Waals surface area contributed by atoms with Crippen molar-refractivity contribution in [3.63, 3.8) is 0 Å². The minimum atomic E-state index is 0.142. The zero-order chi connectivity index (χ0) is 12.2. The van der Waals surface area contributed by atoms with E-state index in [0.717, 1.165) is 12.1 Å². The van der Waals surface area contributed by atoms with Crippen LogP contribution in [0.2, 0.25) is 0 Å². The highest BCUT2D eigenvalue weighted by Gasteiger charge is 2.08. The molecule has 0 atom stereocenters. The lowest BCUT2D eigenvalue weighted by atomic mass is 10.1. The fourth-order valence-electron chi connectivity index (χ4n) is 1.26. The molecule has 3 heteroatoms. The van der Waals surface area contributed by atoms with E-state index in [9.17, 15) is 0 Å². The molecular formula is C13H20N2S. The van der Waals surface area contributed by atoms with Crippen LogP contribution in [0.25, 0.3) is 5.70 Å². The zero-order valence-corrected chi connectivity index (χ0v) is 11.0. The van der Waals surface area contributed by atoms with Crippen LogP contribution >= 0.6 is 12.6 Å². The summed E-state index contributed by atoms with van der Waals surface area (Å²) in [7, 11) is 0. The third-order valence-corrected chi connectivity index (χ3v) is 2.53. The molecule has 88 valence electrons. The molecule has 0 fully saturated rings. The molecule has 0 saturated carbocycles. The fourth-order valence-corrected chi connectivity index (χ4v) is 1.41. The summed E-state index contributed by atoms with van der Waals surface area (Å²) < 4.78 is 0. The molecule has 0 spiro atoms. The van der Waals surface area contributed by atoms with Crippen LogP contribution in [0.3, 0.4) is 0 Å². The lowest BCUT2D eigenvalue weighted by molar-refractivity contribution is 0.424. The van der Waals surface area contributed by atoms with Crippen LogP contribution in [0, 0.1) is 0 Å². The van der Waals surface area contributed by atoms with E-state index >= 15 is 0 Å². The van der Waals surface area contributed by atoms with E-state index in [1.807, 2.05) is 12.1 Å². The van der Waals surface area contributed by atoms with Crippen molar-refractivity contribution in [1.82, 2.24) is 5.32 Å². The van der Waals surface area contributed by atoms with Crippen molar-refractivity contribution in [2.75, 3.05) is 0 Å².